The van der Waals surface area contributed by atoms with Crippen LogP contribution in [0.15, 0.2) is 30.6 Å². The summed E-state index contributed by atoms with van der Waals surface area (Å²) in [6.45, 7) is 5.11. The highest BCUT2D eigenvalue weighted by atomic mass is 16.2. The first-order valence-corrected chi connectivity index (χ1v) is 11.8. The van der Waals surface area contributed by atoms with Gasteiger partial charge in [0.2, 0.25) is 5.91 Å². The van der Waals surface area contributed by atoms with E-state index < -0.39 is 0 Å². The molecule has 0 bridgehead atoms. The minimum atomic E-state index is 0.331. The van der Waals surface area contributed by atoms with E-state index in [1.807, 2.05) is 12.4 Å². The van der Waals surface area contributed by atoms with Crippen molar-refractivity contribution in [3.05, 3.63) is 36.2 Å². The van der Waals surface area contributed by atoms with E-state index >= 15 is 0 Å². The summed E-state index contributed by atoms with van der Waals surface area (Å²) in [4.78, 5) is 18.6. The normalized spacial score (nSPS) is 44.4. The number of fused-ring (bicyclic) bond motifs is 5. The van der Waals surface area contributed by atoms with Gasteiger partial charge in [-0.05, 0) is 97.1 Å². The second kappa shape index (κ2) is 6.96. The van der Waals surface area contributed by atoms with Gasteiger partial charge in [-0.2, -0.15) is 0 Å². The molecule has 0 spiro atoms. The van der Waals surface area contributed by atoms with Gasteiger partial charge in [0, 0.05) is 31.9 Å². The van der Waals surface area contributed by atoms with Crippen LogP contribution in [0.2, 0.25) is 0 Å². The Hall–Kier alpha value is -1.64. The second-order valence-electron chi connectivity index (χ2n) is 10.8. The zero-order valence-corrected chi connectivity index (χ0v) is 18.3. The maximum atomic E-state index is 12.3. The van der Waals surface area contributed by atoms with E-state index in [1.165, 1.54) is 44.1 Å². The molecular formula is C26H36N2O. The molecule has 1 aromatic rings. The molecule has 156 valence electrons. The van der Waals surface area contributed by atoms with Crippen molar-refractivity contribution in [1.82, 2.24) is 9.88 Å². The van der Waals surface area contributed by atoms with Gasteiger partial charge in [0.15, 0.2) is 0 Å². The summed E-state index contributed by atoms with van der Waals surface area (Å²) in [5.41, 5.74) is 2.05. The summed E-state index contributed by atoms with van der Waals surface area (Å²) in [5, 5.41) is 0. The van der Waals surface area contributed by atoms with Crippen LogP contribution in [-0.4, -0.2) is 28.9 Å². The fourth-order valence-corrected chi connectivity index (χ4v) is 8.21. The molecule has 0 aromatic carbocycles. The first kappa shape index (κ1) is 19.3. The van der Waals surface area contributed by atoms with E-state index in [1.54, 1.807) is 0 Å². The van der Waals surface area contributed by atoms with E-state index in [4.69, 9.17) is 0 Å². The van der Waals surface area contributed by atoms with E-state index in [2.05, 4.69) is 55.1 Å². The third-order valence-electron chi connectivity index (χ3n) is 9.86. The quantitative estimate of drug-likeness (QED) is 0.659. The number of allylic oxidation sites excluding steroid dienone is 1. The van der Waals surface area contributed by atoms with Gasteiger partial charge in [0.1, 0.15) is 0 Å². The molecule has 29 heavy (non-hydrogen) atoms. The van der Waals surface area contributed by atoms with E-state index in [0.29, 0.717) is 28.7 Å². The highest BCUT2D eigenvalue weighted by Crippen LogP contribution is 2.66. The Morgan fingerprint density at radius 3 is 2.55 bits per heavy atom. The number of hydrogen-bond acceptors (Lipinski definition) is 2. The van der Waals surface area contributed by atoms with Gasteiger partial charge in [-0.25, -0.2) is 0 Å². The number of aromatic nitrogens is 1. The molecule has 1 aliphatic heterocycles. The number of carbonyl (C=O) groups excluding carboxylic acids is 1. The first-order chi connectivity index (χ1) is 13.9. The number of hydrogen-bond donors (Lipinski definition) is 0. The summed E-state index contributed by atoms with van der Waals surface area (Å²) in [7, 11) is 2.06. The third kappa shape index (κ3) is 2.91. The standard InChI is InChI=1S/C26H36N2O/c1-25-14-10-22-20(7-9-23-26(22,2)15-11-24(29)28(23)3)21(25)8-6-19(25)5-4-18-12-16-27-17-13-18/h4-5,12-13,16-17,19-23H,6-11,14-15H2,1-3H3/b5-4+/t19-,20-,21-,22-,23?,25+,26+/m0/s1. The molecule has 1 amide bonds. The molecule has 3 saturated carbocycles. The van der Waals surface area contributed by atoms with Crippen molar-refractivity contribution in [2.75, 3.05) is 7.05 Å². The lowest BCUT2D eigenvalue weighted by atomic mass is 9.47. The van der Waals surface area contributed by atoms with Crippen LogP contribution in [0.3, 0.4) is 0 Å². The van der Waals surface area contributed by atoms with E-state index in [-0.39, 0.29) is 0 Å². The average molecular weight is 393 g/mol. The fraction of sp³-hybridized carbons (Fsp3) is 0.692. The van der Waals surface area contributed by atoms with Gasteiger partial charge in [-0.1, -0.05) is 26.0 Å². The Morgan fingerprint density at radius 1 is 1.00 bits per heavy atom. The summed E-state index contributed by atoms with van der Waals surface area (Å²) < 4.78 is 0. The van der Waals surface area contributed by atoms with Gasteiger partial charge in [-0.3, -0.25) is 9.78 Å². The number of carbonyl (C=O) groups is 1. The lowest BCUT2D eigenvalue weighted by molar-refractivity contribution is -0.157. The summed E-state index contributed by atoms with van der Waals surface area (Å²) >= 11 is 0. The van der Waals surface area contributed by atoms with Crippen LogP contribution >= 0.6 is 0 Å². The molecule has 1 saturated heterocycles. The Kier molecular flexibility index (Phi) is 4.64. The Bertz CT molecular complexity index is 804. The summed E-state index contributed by atoms with van der Waals surface area (Å²) in [6, 6.07) is 4.68. The highest BCUT2D eigenvalue weighted by Gasteiger charge is 2.60. The highest BCUT2D eigenvalue weighted by molar-refractivity contribution is 5.77. The minimum Gasteiger partial charge on any atom is -0.342 e. The lowest BCUT2D eigenvalue weighted by Crippen LogP contribution is -2.61. The summed E-state index contributed by atoms with van der Waals surface area (Å²) in [5.74, 6) is 3.58. The maximum Gasteiger partial charge on any atom is 0.222 e. The fourth-order valence-electron chi connectivity index (χ4n) is 8.21. The molecule has 3 aliphatic carbocycles. The van der Waals surface area contributed by atoms with Crippen LogP contribution < -0.4 is 0 Å². The van der Waals surface area contributed by atoms with Gasteiger partial charge in [-0.15, -0.1) is 0 Å². The van der Waals surface area contributed by atoms with Crippen LogP contribution in [-0.2, 0) is 4.79 Å². The number of rotatable bonds is 2. The molecule has 4 aliphatic rings. The molecular weight excluding hydrogens is 356 g/mol. The van der Waals surface area contributed by atoms with Crippen molar-refractivity contribution < 1.29 is 4.79 Å². The zero-order valence-electron chi connectivity index (χ0n) is 18.3. The molecule has 2 heterocycles. The third-order valence-corrected chi connectivity index (χ3v) is 9.86. The van der Waals surface area contributed by atoms with Crippen molar-refractivity contribution in [2.45, 2.75) is 71.3 Å². The molecule has 3 heteroatoms. The van der Waals surface area contributed by atoms with Gasteiger partial charge in [0.25, 0.3) is 0 Å². The maximum absolute atomic E-state index is 12.3. The molecule has 7 atom stereocenters. The SMILES string of the molecule is CN1C(=O)CC[C@@]2(C)C1CC[C@H]1[C@@H]3CC[C@H](/C=C/c4ccncc4)[C@@]3(C)CC[C@@H]12. The minimum absolute atomic E-state index is 0.331. The largest absolute Gasteiger partial charge is 0.342 e. The van der Waals surface area contributed by atoms with Crippen LogP contribution in [0.5, 0.6) is 0 Å². The number of amides is 1. The van der Waals surface area contributed by atoms with Crippen LogP contribution in [0, 0.1) is 34.5 Å². The number of nitrogens with zero attached hydrogens (tertiary/aromatic N) is 2. The molecule has 0 radical (unpaired) electrons. The Balaban J connectivity index is 1.38. The smallest absolute Gasteiger partial charge is 0.222 e. The number of likely N-dealkylation sites (tertiary alicyclic amines) is 1. The van der Waals surface area contributed by atoms with Gasteiger partial charge >= 0.3 is 0 Å². The van der Waals surface area contributed by atoms with Crippen molar-refractivity contribution >= 4 is 12.0 Å². The van der Waals surface area contributed by atoms with Gasteiger partial charge < -0.3 is 4.90 Å². The second-order valence-corrected chi connectivity index (χ2v) is 10.8. The summed E-state index contributed by atoms with van der Waals surface area (Å²) in [6.07, 6.45) is 18.4. The molecule has 3 nitrogen and oxygen atoms in total. The monoisotopic (exact) mass is 392 g/mol. The van der Waals surface area contributed by atoms with Crippen molar-refractivity contribution in [3.8, 4) is 0 Å². The van der Waals surface area contributed by atoms with Crippen molar-refractivity contribution in [2.24, 2.45) is 34.5 Å². The Labute approximate surface area is 176 Å². The number of pyridine rings is 1. The molecule has 5 rings (SSSR count). The van der Waals surface area contributed by atoms with Crippen LogP contribution in [0.1, 0.15) is 70.8 Å². The predicted octanol–water partition coefficient (Wildman–Crippen LogP) is 5.57. The molecule has 0 N–H and O–H groups in total. The zero-order chi connectivity index (χ0) is 20.2. The Morgan fingerprint density at radius 2 is 1.76 bits per heavy atom. The topological polar surface area (TPSA) is 33.2 Å². The van der Waals surface area contributed by atoms with E-state index in [0.717, 1.165) is 30.6 Å². The van der Waals surface area contributed by atoms with Crippen molar-refractivity contribution in [3.63, 3.8) is 0 Å². The lowest BCUT2D eigenvalue weighted by Gasteiger charge is -2.61. The predicted molar refractivity (Wildman–Crippen MR) is 117 cm³/mol. The molecule has 1 unspecified atom stereocenters. The number of piperidine rings is 1. The van der Waals surface area contributed by atoms with Crippen LogP contribution in [0.25, 0.3) is 6.08 Å². The van der Waals surface area contributed by atoms with E-state index in [9.17, 15) is 4.79 Å². The average Bonchev–Trinajstić information content (AvgIpc) is 3.07. The molecule has 4 fully saturated rings. The first-order valence-electron chi connectivity index (χ1n) is 11.8. The van der Waals surface area contributed by atoms with Crippen LogP contribution in [0.4, 0.5) is 0 Å². The van der Waals surface area contributed by atoms with Crippen molar-refractivity contribution in [1.29, 1.82) is 0 Å². The molecule has 1 aromatic heterocycles. The van der Waals surface area contributed by atoms with Gasteiger partial charge in [0.05, 0.1) is 0 Å².